The maximum absolute atomic E-state index is 12.9. The molecule has 0 radical (unpaired) electrons. The molecule has 0 saturated heterocycles. The van der Waals surface area contributed by atoms with E-state index in [9.17, 15) is 9.59 Å². The molecular weight excluding hydrogens is 506 g/mol. The van der Waals surface area contributed by atoms with E-state index < -0.39 is 6.04 Å². The van der Waals surface area contributed by atoms with Crippen LogP contribution >= 0.6 is 0 Å². The maximum atomic E-state index is 12.9. The summed E-state index contributed by atoms with van der Waals surface area (Å²) in [5.74, 6) is 6.92. The van der Waals surface area contributed by atoms with Crippen molar-refractivity contribution in [1.82, 2.24) is 25.1 Å². The summed E-state index contributed by atoms with van der Waals surface area (Å²) in [6.45, 7) is 2.39. The molecule has 3 atom stereocenters. The molecule has 1 aliphatic rings. The Morgan fingerprint density at radius 1 is 1.23 bits per heavy atom. The summed E-state index contributed by atoms with van der Waals surface area (Å²) in [4.78, 5) is 37.5. The van der Waals surface area contributed by atoms with E-state index in [1.54, 1.807) is 50.5 Å². The van der Waals surface area contributed by atoms with Crippen LogP contribution in [0.2, 0.25) is 0 Å². The Balaban J connectivity index is 1.58. The van der Waals surface area contributed by atoms with Gasteiger partial charge in [0.2, 0.25) is 23.6 Å². The predicted molar refractivity (Wildman–Crippen MR) is 154 cm³/mol. The van der Waals surface area contributed by atoms with Gasteiger partial charge >= 0.3 is 0 Å². The van der Waals surface area contributed by atoms with Crippen LogP contribution in [0.25, 0.3) is 0 Å². The molecule has 1 aliphatic carbocycles. The van der Waals surface area contributed by atoms with Crippen molar-refractivity contribution in [3.8, 4) is 23.8 Å². The number of nitriles is 1. The van der Waals surface area contributed by atoms with Gasteiger partial charge in [0.25, 0.3) is 0 Å². The van der Waals surface area contributed by atoms with Crippen molar-refractivity contribution < 1.29 is 14.3 Å². The van der Waals surface area contributed by atoms with Gasteiger partial charge in [-0.2, -0.15) is 10.2 Å². The van der Waals surface area contributed by atoms with Crippen LogP contribution in [0, 0.1) is 29.1 Å². The third kappa shape index (κ3) is 8.82. The van der Waals surface area contributed by atoms with E-state index in [-0.39, 0.29) is 23.8 Å². The van der Waals surface area contributed by atoms with Crippen molar-refractivity contribution >= 4 is 23.5 Å². The number of carbonyl (C=O) groups excluding carboxylic acids is 2. The van der Waals surface area contributed by atoms with Crippen LogP contribution in [0.3, 0.4) is 0 Å². The van der Waals surface area contributed by atoms with Crippen molar-refractivity contribution in [1.29, 1.82) is 5.26 Å². The predicted octanol–water partition coefficient (Wildman–Crippen LogP) is 3.09. The van der Waals surface area contributed by atoms with Crippen LogP contribution in [-0.2, 0) is 9.59 Å². The van der Waals surface area contributed by atoms with Crippen molar-refractivity contribution in [3.05, 3.63) is 53.7 Å². The average Bonchev–Trinajstić information content (AvgIpc) is 2.95. The number of anilines is 2. The SMILES string of the molecule is COc1nc(Nc2ccc(C#N)cc2)ncc1C#C[C@@H]1CCC[C@H](NC(=O)[C@H](C)N(C)C(=O)/C=C/CN(C)C)C1. The maximum Gasteiger partial charge on any atom is 0.246 e. The lowest BCUT2D eigenvalue weighted by Crippen LogP contribution is -2.49. The largest absolute Gasteiger partial charge is 0.480 e. The molecule has 2 N–H and O–H groups in total. The highest BCUT2D eigenvalue weighted by atomic mass is 16.5. The van der Waals surface area contributed by atoms with Crippen LogP contribution in [-0.4, -0.2) is 78.5 Å². The fraction of sp³-hybridized carbons (Fsp3) is 0.433. The number of hydrogen-bond acceptors (Lipinski definition) is 8. The molecule has 210 valence electrons. The molecule has 10 nitrogen and oxygen atoms in total. The van der Waals surface area contributed by atoms with Gasteiger partial charge in [-0.15, -0.1) is 0 Å². The summed E-state index contributed by atoms with van der Waals surface area (Å²) in [7, 11) is 7.03. The molecule has 0 bridgehead atoms. The monoisotopic (exact) mass is 543 g/mol. The summed E-state index contributed by atoms with van der Waals surface area (Å²) < 4.78 is 5.44. The van der Waals surface area contributed by atoms with Gasteiger partial charge in [-0.05, 0) is 64.5 Å². The fourth-order valence-corrected chi connectivity index (χ4v) is 4.23. The van der Waals surface area contributed by atoms with Gasteiger partial charge in [0, 0.05) is 37.3 Å². The smallest absolute Gasteiger partial charge is 0.246 e. The van der Waals surface area contributed by atoms with Gasteiger partial charge in [0.05, 0.1) is 24.9 Å². The number of benzene rings is 1. The number of amides is 2. The molecule has 0 aliphatic heterocycles. The summed E-state index contributed by atoms with van der Waals surface area (Å²) in [6, 6.07) is 8.48. The van der Waals surface area contributed by atoms with E-state index in [1.807, 2.05) is 19.0 Å². The molecule has 10 heteroatoms. The lowest BCUT2D eigenvalue weighted by atomic mass is 9.86. The first-order valence-corrected chi connectivity index (χ1v) is 13.3. The Bertz CT molecular complexity index is 1310. The van der Waals surface area contributed by atoms with E-state index in [0.717, 1.165) is 31.4 Å². The van der Waals surface area contributed by atoms with Crippen molar-refractivity contribution in [3.63, 3.8) is 0 Å². The number of hydrogen-bond donors (Lipinski definition) is 2. The minimum atomic E-state index is -0.583. The standard InChI is InChI=1S/C30H37N7O3/c1-21(37(4)27(38)10-7-17-36(2)3)28(39)33-26-9-6-8-22(18-26)11-14-24-20-32-30(35-29(24)40-5)34-25-15-12-23(19-31)13-16-25/h7,10,12-13,15-16,20-22,26H,6,8-9,17-18H2,1-5H3,(H,33,39)(H,32,34,35)/b10-7+/t21-,22-,26-/m0/s1. The number of rotatable bonds is 9. The Morgan fingerprint density at radius 3 is 2.65 bits per heavy atom. The number of ether oxygens (including phenoxy) is 1. The zero-order valence-corrected chi connectivity index (χ0v) is 23.8. The quantitative estimate of drug-likeness (QED) is 0.365. The van der Waals surface area contributed by atoms with Crippen LogP contribution in [0.1, 0.15) is 43.7 Å². The zero-order chi connectivity index (χ0) is 29.1. The lowest BCUT2D eigenvalue weighted by Gasteiger charge is -2.30. The second-order valence-electron chi connectivity index (χ2n) is 10.1. The topological polar surface area (TPSA) is 123 Å². The summed E-state index contributed by atoms with van der Waals surface area (Å²) in [5.41, 5.74) is 1.90. The molecule has 1 fully saturated rings. The minimum Gasteiger partial charge on any atom is -0.480 e. The molecule has 2 aromatic rings. The number of nitrogens with one attached hydrogen (secondary N) is 2. The molecular formula is C30H37N7O3. The van der Waals surface area contributed by atoms with Gasteiger partial charge < -0.3 is 25.2 Å². The fourth-order valence-electron chi connectivity index (χ4n) is 4.23. The van der Waals surface area contributed by atoms with Crippen LogP contribution in [0.15, 0.2) is 42.6 Å². The van der Waals surface area contributed by atoms with Crippen LogP contribution in [0.4, 0.5) is 11.6 Å². The van der Waals surface area contributed by atoms with E-state index >= 15 is 0 Å². The highest BCUT2D eigenvalue weighted by Gasteiger charge is 2.26. The molecule has 1 aromatic carbocycles. The lowest BCUT2D eigenvalue weighted by molar-refractivity contribution is -0.135. The normalized spacial score (nSPS) is 17.3. The summed E-state index contributed by atoms with van der Waals surface area (Å²) in [6.07, 6.45) is 8.39. The second kappa shape index (κ2) is 14.7. The van der Waals surface area contributed by atoms with Gasteiger partial charge in [-0.25, -0.2) is 4.98 Å². The Labute approximate surface area is 236 Å². The van der Waals surface area contributed by atoms with Gasteiger partial charge in [-0.3, -0.25) is 9.59 Å². The number of carbonyl (C=O) groups is 2. The molecule has 0 unspecified atom stereocenters. The number of aromatic nitrogens is 2. The van der Waals surface area contributed by atoms with E-state index in [4.69, 9.17) is 10.00 Å². The van der Waals surface area contributed by atoms with Gasteiger partial charge in [0.1, 0.15) is 11.6 Å². The Hall–Kier alpha value is -4.41. The van der Waals surface area contributed by atoms with Crippen LogP contribution in [0.5, 0.6) is 5.88 Å². The summed E-state index contributed by atoms with van der Waals surface area (Å²) in [5, 5.41) is 15.2. The van der Waals surface area contributed by atoms with E-state index in [2.05, 4.69) is 38.5 Å². The summed E-state index contributed by atoms with van der Waals surface area (Å²) >= 11 is 0. The van der Waals surface area contributed by atoms with Crippen LogP contribution < -0.4 is 15.4 Å². The molecule has 40 heavy (non-hydrogen) atoms. The minimum absolute atomic E-state index is 0.00655. The number of likely N-dealkylation sites (N-methyl/N-ethyl adjacent to an activating group) is 2. The number of nitrogens with zero attached hydrogens (tertiary/aromatic N) is 5. The van der Waals surface area contributed by atoms with Gasteiger partial charge in [-0.1, -0.05) is 24.3 Å². The van der Waals surface area contributed by atoms with E-state index in [1.165, 1.54) is 18.1 Å². The molecule has 3 rings (SSSR count). The second-order valence-corrected chi connectivity index (χ2v) is 10.1. The zero-order valence-electron chi connectivity index (χ0n) is 23.8. The Kier molecular flexibility index (Phi) is 11.0. The molecule has 2 amide bonds. The third-order valence-corrected chi connectivity index (χ3v) is 6.69. The molecule has 0 spiro atoms. The molecule has 1 heterocycles. The molecule has 1 aromatic heterocycles. The first kappa shape index (κ1) is 30.1. The first-order chi connectivity index (χ1) is 19.2. The highest BCUT2D eigenvalue weighted by Crippen LogP contribution is 2.25. The van der Waals surface area contributed by atoms with Crippen molar-refractivity contribution in [2.45, 2.75) is 44.7 Å². The van der Waals surface area contributed by atoms with Crippen molar-refractivity contribution in [2.24, 2.45) is 5.92 Å². The third-order valence-electron chi connectivity index (χ3n) is 6.69. The Morgan fingerprint density at radius 2 is 1.98 bits per heavy atom. The number of methoxy groups -OCH3 is 1. The highest BCUT2D eigenvalue weighted by molar-refractivity contribution is 5.92. The first-order valence-electron chi connectivity index (χ1n) is 13.3. The van der Waals surface area contributed by atoms with Crippen molar-refractivity contribution in [2.75, 3.05) is 40.1 Å². The average molecular weight is 544 g/mol. The molecule has 1 saturated carbocycles. The van der Waals surface area contributed by atoms with Gasteiger partial charge in [0.15, 0.2) is 0 Å². The van der Waals surface area contributed by atoms with E-state index in [0.29, 0.717) is 29.5 Å².